The third-order valence-corrected chi connectivity index (χ3v) is 1.54. The van der Waals surface area contributed by atoms with Crippen LogP contribution in [0, 0.1) is 5.92 Å². The molecule has 0 bridgehead atoms. The van der Waals surface area contributed by atoms with Gasteiger partial charge in [0.15, 0.2) is 0 Å². The maximum Gasteiger partial charge on any atom is 0.322 e. The Morgan fingerprint density at radius 2 is 2.09 bits per heavy atom. The number of hydrogen-bond acceptors (Lipinski definition) is 3. The summed E-state index contributed by atoms with van der Waals surface area (Å²) >= 11 is 0. The molecule has 0 aromatic heterocycles. The van der Waals surface area contributed by atoms with Crippen molar-refractivity contribution in [2.24, 2.45) is 5.92 Å². The van der Waals surface area contributed by atoms with Crippen molar-refractivity contribution in [1.82, 2.24) is 5.32 Å². The predicted molar refractivity (Wildman–Crippen MR) is 44.3 cm³/mol. The van der Waals surface area contributed by atoms with E-state index in [1.165, 1.54) is 7.11 Å². The van der Waals surface area contributed by atoms with Crippen molar-refractivity contribution in [3.05, 3.63) is 0 Å². The van der Waals surface area contributed by atoms with Gasteiger partial charge in [-0.05, 0) is 19.4 Å². The Hall–Kier alpha value is -0.570. The third kappa shape index (κ3) is 3.98. The molecule has 0 rings (SSSR count). The summed E-state index contributed by atoms with van der Waals surface area (Å²) in [5, 5.41) is 2.91. The highest BCUT2D eigenvalue weighted by atomic mass is 16.5. The van der Waals surface area contributed by atoms with Crippen molar-refractivity contribution in [2.75, 3.05) is 14.2 Å². The summed E-state index contributed by atoms with van der Waals surface area (Å²) < 4.78 is 4.60. The van der Waals surface area contributed by atoms with Crippen LogP contribution in [0.5, 0.6) is 0 Å². The van der Waals surface area contributed by atoms with E-state index >= 15 is 0 Å². The van der Waals surface area contributed by atoms with Gasteiger partial charge in [-0.2, -0.15) is 0 Å². The Morgan fingerprint density at radius 3 is 2.36 bits per heavy atom. The zero-order valence-corrected chi connectivity index (χ0v) is 7.68. The maximum atomic E-state index is 11.0. The van der Waals surface area contributed by atoms with Crippen LogP contribution in [0.25, 0.3) is 0 Å². The maximum absolute atomic E-state index is 11.0. The Kier molecular flexibility index (Phi) is 4.86. The van der Waals surface area contributed by atoms with Crippen LogP contribution in [-0.4, -0.2) is 26.2 Å². The van der Waals surface area contributed by atoms with E-state index in [1.807, 2.05) is 0 Å². The lowest BCUT2D eigenvalue weighted by molar-refractivity contribution is -0.143. The van der Waals surface area contributed by atoms with Gasteiger partial charge in [0.25, 0.3) is 0 Å². The SMILES string of the molecule is CNC(CC(C)C)C(=O)OC. The fourth-order valence-corrected chi connectivity index (χ4v) is 0.946. The Balaban J connectivity index is 3.84. The highest BCUT2D eigenvalue weighted by Gasteiger charge is 2.17. The zero-order valence-electron chi connectivity index (χ0n) is 7.68. The second-order valence-electron chi connectivity index (χ2n) is 2.99. The van der Waals surface area contributed by atoms with E-state index in [9.17, 15) is 4.79 Å². The Morgan fingerprint density at radius 1 is 1.55 bits per heavy atom. The monoisotopic (exact) mass is 159 g/mol. The third-order valence-electron chi connectivity index (χ3n) is 1.54. The summed E-state index contributed by atoms with van der Waals surface area (Å²) in [4.78, 5) is 11.0. The molecular formula is C8H17NO2. The molecule has 11 heavy (non-hydrogen) atoms. The summed E-state index contributed by atoms with van der Waals surface area (Å²) in [5.41, 5.74) is 0. The van der Waals surface area contributed by atoms with Crippen molar-refractivity contribution in [3.63, 3.8) is 0 Å². The van der Waals surface area contributed by atoms with E-state index < -0.39 is 0 Å². The van der Waals surface area contributed by atoms with E-state index in [-0.39, 0.29) is 12.0 Å². The van der Waals surface area contributed by atoms with E-state index in [2.05, 4.69) is 23.9 Å². The van der Waals surface area contributed by atoms with Crippen LogP contribution in [0.4, 0.5) is 0 Å². The van der Waals surface area contributed by atoms with Gasteiger partial charge in [-0.15, -0.1) is 0 Å². The highest BCUT2D eigenvalue weighted by molar-refractivity contribution is 5.75. The van der Waals surface area contributed by atoms with Crippen molar-refractivity contribution >= 4 is 5.97 Å². The summed E-state index contributed by atoms with van der Waals surface area (Å²) in [6.07, 6.45) is 0.823. The molecule has 0 saturated heterocycles. The zero-order chi connectivity index (χ0) is 8.85. The number of hydrogen-bond donors (Lipinski definition) is 1. The van der Waals surface area contributed by atoms with Crippen LogP contribution in [0.3, 0.4) is 0 Å². The fraction of sp³-hybridized carbons (Fsp3) is 0.875. The first-order valence-electron chi connectivity index (χ1n) is 3.87. The molecule has 1 unspecified atom stereocenters. The first-order chi connectivity index (χ1) is 5.11. The average Bonchev–Trinajstić information content (AvgIpc) is 1.98. The number of carbonyl (C=O) groups is 1. The summed E-state index contributed by atoms with van der Waals surface area (Å²) in [5.74, 6) is 0.327. The van der Waals surface area contributed by atoms with Crippen molar-refractivity contribution in [3.8, 4) is 0 Å². The van der Waals surface area contributed by atoms with Crippen LogP contribution in [-0.2, 0) is 9.53 Å². The lowest BCUT2D eigenvalue weighted by Gasteiger charge is -2.15. The number of likely N-dealkylation sites (N-methyl/N-ethyl adjacent to an activating group) is 1. The van der Waals surface area contributed by atoms with Crippen LogP contribution < -0.4 is 5.32 Å². The smallest absolute Gasteiger partial charge is 0.322 e. The van der Waals surface area contributed by atoms with Crippen LogP contribution in [0.2, 0.25) is 0 Å². The molecule has 3 nitrogen and oxygen atoms in total. The number of rotatable bonds is 4. The van der Waals surface area contributed by atoms with Gasteiger partial charge in [-0.1, -0.05) is 13.8 Å². The topological polar surface area (TPSA) is 38.3 Å². The van der Waals surface area contributed by atoms with Gasteiger partial charge in [0, 0.05) is 0 Å². The molecule has 66 valence electrons. The fourth-order valence-electron chi connectivity index (χ4n) is 0.946. The largest absolute Gasteiger partial charge is 0.468 e. The minimum Gasteiger partial charge on any atom is -0.468 e. The quantitative estimate of drug-likeness (QED) is 0.616. The Bertz CT molecular complexity index is 123. The van der Waals surface area contributed by atoms with Crippen molar-refractivity contribution < 1.29 is 9.53 Å². The Labute approximate surface area is 68.1 Å². The molecule has 0 spiro atoms. The normalized spacial score (nSPS) is 13.2. The number of ether oxygens (including phenoxy) is 1. The van der Waals surface area contributed by atoms with E-state index in [0.717, 1.165) is 6.42 Å². The summed E-state index contributed by atoms with van der Waals surface area (Å²) in [6, 6.07) is -0.153. The molecule has 1 N–H and O–H groups in total. The van der Waals surface area contributed by atoms with Gasteiger partial charge in [-0.3, -0.25) is 4.79 Å². The molecule has 0 fully saturated rings. The molecule has 0 aromatic rings. The van der Waals surface area contributed by atoms with Gasteiger partial charge in [0.1, 0.15) is 6.04 Å². The van der Waals surface area contributed by atoms with Crippen LogP contribution >= 0.6 is 0 Å². The molecule has 1 atom stereocenters. The molecule has 0 aliphatic carbocycles. The van der Waals surface area contributed by atoms with Gasteiger partial charge in [-0.25, -0.2) is 0 Å². The summed E-state index contributed by atoms with van der Waals surface area (Å²) in [6.45, 7) is 4.15. The van der Waals surface area contributed by atoms with E-state index in [0.29, 0.717) is 5.92 Å². The van der Waals surface area contributed by atoms with Crippen molar-refractivity contribution in [1.29, 1.82) is 0 Å². The van der Waals surface area contributed by atoms with Gasteiger partial charge in [0.05, 0.1) is 7.11 Å². The number of nitrogens with one attached hydrogen (secondary N) is 1. The minimum atomic E-state index is -0.179. The summed E-state index contributed by atoms with van der Waals surface area (Å²) in [7, 11) is 3.18. The molecule has 0 heterocycles. The van der Waals surface area contributed by atoms with E-state index in [4.69, 9.17) is 0 Å². The molecule has 0 saturated carbocycles. The molecule has 0 aliphatic heterocycles. The predicted octanol–water partition coefficient (Wildman–Crippen LogP) is 0.793. The van der Waals surface area contributed by atoms with Gasteiger partial charge >= 0.3 is 5.97 Å². The number of carbonyl (C=O) groups excluding carboxylic acids is 1. The average molecular weight is 159 g/mol. The minimum absolute atomic E-state index is 0.153. The van der Waals surface area contributed by atoms with Gasteiger partial charge in [0.2, 0.25) is 0 Å². The molecule has 3 heteroatoms. The number of methoxy groups -OCH3 is 1. The first-order valence-corrected chi connectivity index (χ1v) is 3.87. The lowest BCUT2D eigenvalue weighted by Crippen LogP contribution is -2.36. The van der Waals surface area contributed by atoms with E-state index in [1.54, 1.807) is 7.05 Å². The van der Waals surface area contributed by atoms with Crippen LogP contribution in [0.1, 0.15) is 20.3 Å². The lowest BCUT2D eigenvalue weighted by atomic mass is 10.0. The molecule has 0 amide bonds. The molecule has 0 aliphatic rings. The first kappa shape index (κ1) is 10.4. The van der Waals surface area contributed by atoms with Gasteiger partial charge < -0.3 is 10.1 Å². The highest BCUT2D eigenvalue weighted by Crippen LogP contribution is 2.04. The molecule has 0 aromatic carbocycles. The molecular weight excluding hydrogens is 142 g/mol. The molecule has 0 radical (unpaired) electrons. The second-order valence-corrected chi connectivity index (χ2v) is 2.99. The van der Waals surface area contributed by atoms with Crippen molar-refractivity contribution in [2.45, 2.75) is 26.3 Å². The standard InChI is InChI=1S/C8H17NO2/c1-6(2)5-7(9-3)8(10)11-4/h6-7,9H,5H2,1-4H3. The second kappa shape index (κ2) is 5.13. The van der Waals surface area contributed by atoms with Crippen LogP contribution in [0.15, 0.2) is 0 Å². The number of esters is 1.